The Balaban J connectivity index is 1.81. The van der Waals surface area contributed by atoms with E-state index in [2.05, 4.69) is 46.5 Å². The Kier molecular flexibility index (Phi) is 4.61. The van der Waals surface area contributed by atoms with Crippen LogP contribution in [0.2, 0.25) is 0 Å². The van der Waals surface area contributed by atoms with Gasteiger partial charge in [0.1, 0.15) is 6.33 Å². The molecule has 1 aliphatic rings. The third kappa shape index (κ3) is 3.30. The predicted octanol–water partition coefficient (Wildman–Crippen LogP) is 3.83. The molecule has 0 spiro atoms. The maximum Gasteiger partial charge on any atom is 0.115 e. The second-order valence-corrected chi connectivity index (χ2v) is 5.85. The Bertz CT molecular complexity index is 546. The van der Waals surface area contributed by atoms with Crippen LogP contribution in [0.5, 0.6) is 0 Å². The van der Waals surface area contributed by atoms with Crippen molar-refractivity contribution in [2.24, 2.45) is 0 Å². The minimum absolute atomic E-state index is 0.182. The molecule has 0 saturated heterocycles. The van der Waals surface area contributed by atoms with Crippen LogP contribution in [0.3, 0.4) is 0 Å². The SMILES string of the molecule is CCCNC(c1ccc(C2CCC2)cc1)c1cncnc1. The van der Waals surface area contributed by atoms with E-state index < -0.39 is 0 Å². The van der Waals surface area contributed by atoms with Crippen molar-refractivity contribution in [1.29, 1.82) is 0 Å². The van der Waals surface area contributed by atoms with Crippen molar-refractivity contribution >= 4 is 0 Å². The summed E-state index contributed by atoms with van der Waals surface area (Å²) < 4.78 is 0. The average Bonchev–Trinajstić information content (AvgIpc) is 2.49. The van der Waals surface area contributed by atoms with Crippen LogP contribution in [0.4, 0.5) is 0 Å². The lowest BCUT2D eigenvalue weighted by Gasteiger charge is -2.26. The number of rotatable bonds is 6. The molecule has 0 radical (unpaired) electrons. The average molecular weight is 281 g/mol. The standard InChI is InChI=1S/C18H23N3/c1-2-10-21-18(17-11-19-13-20-12-17)16-8-6-15(7-9-16)14-4-3-5-14/h6-9,11-14,18,21H,2-5,10H2,1H3. The first-order valence-corrected chi connectivity index (χ1v) is 7.96. The molecular weight excluding hydrogens is 258 g/mol. The van der Waals surface area contributed by atoms with Crippen LogP contribution in [0, 0.1) is 0 Å². The zero-order chi connectivity index (χ0) is 14.5. The van der Waals surface area contributed by atoms with Gasteiger partial charge in [0.15, 0.2) is 0 Å². The van der Waals surface area contributed by atoms with E-state index in [9.17, 15) is 0 Å². The van der Waals surface area contributed by atoms with Gasteiger partial charge in [-0.2, -0.15) is 0 Å². The third-order valence-electron chi connectivity index (χ3n) is 4.36. The van der Waals surface area contributed by atoms with E-state index in [1.165, 1.54) is 30.4 Å². The van der Waals surface area contributed by atoms with Crippen molar-refractivity contribution in [3.05, 3.63) is 59.7 Å². The summed E-state index contributed by atoms with van der Waals surface area (Å²) in [5.41, 5.74) is 3.91. The molecule has 0 aliphatic heterocycles. The second kappa shape index (κ2) is 6.81. The predicted molar refractivity (Wildman–Crippen MR) is 85.2 cm³/mol. The van der Waals surface area contributed by atoms with Gasteiger partial charge < -0.3 is 5.32 Å². The summed E-state index contributed by atoms with van der Waals surface area (Å²) >= 11 is 0. The van der Waals surface area contributed by atoms with Gasteiger partial charge in [-0.15, -0.1) is 0 Å². The van der Waals surface area contributed by atoms with E-state index in [-0.39, 0.29) is 6.04 Å². The molecule has 1 aliphatic carbocycles. The minimum Gasteiger partial charge on any atom is -0.306 e. The largest absolute Gasteiger partial charge is 0.306 e. The molecular formula is C18H23N3. The Morgan fingerprint density at radius 2 is 1.81 bits per heavy atom. The molecule has 21 heavy (non-hydrogen) atoms. The first-order chi connectivity index (χ1) is 10.4. The first-order valence-electron chi connectivity index (χ1n) is 7.96. The van der Waals surface area contributed by atoms with Crippen molar-refractivity contribution in [2.75, 3.05) is 6.54 Å². The van der Waals surface area contributed by atoms with Crippen molar-refractivity contribution in [3.8, 4) is 0 Å². The molecule has 0 amide bonds. The van der Waals surface area contributed by atoms with E-state index in [0.29, 0.717) is 0 Å². The van der Waals surface area contributed by atoms with Gasteiger partial charge in [-0.3, -0.25) is 0 Å². The van der Waals surface area contributed by atoms with Gasteiger partial charge in [-0.1, -0.05) is 37.6 Å². The zero-order valence-electron chi connectivity index (χ0n) is 12.6. The Morgan fingerprint density at radius 1 is 1.10 bits per heavy atom. The summed E-state index contributed by atoms with van der Waals surface area (Å²) in [4.78, 5) is 8.31. The fraction of sp³-hybridized carbons (Fsp3) is 0.444. The smallest absolute Gasteiger partial charge is 0.115 e. The lowest BCUT2D eigenvalue weighted by Crippen LogP contribution is -2.23. The van der Waals surface area contributed by atoms with Gasteiger partial charge in [-0.25, -0.2) is 9.97 Å². The van der Waals surface area contributed by atoms with Gasteiger partial charge in [0.2, 0.25) is 0 Å². The molecule has 1 aromatic carbocycles. The van der Waals surface area contributed by atoms with E-state index in [1.807, 2.05) is 12.4 Å². The van der Waals surface area contributed by atoms with Gasteiger partial charge in [0.25, 0.3) is 0 Å². The van der Waals surface area contributed by atoms with Crippen LogP contribution in [-0.2, 0) is 0 Å². The minimum atomic E-state index is 0.182. The monoisotopic (exact) mass is 281 g/mol. The van der Waals surface area contributed by atoms with Crippen LogP contribution >= 0.6 is 0 Å². The molecule has 3 rings (SSSR count). The number of hydrogen-bond acceptors (Lipinski definition) is 3. The van der Waals surface area contributed by atoms with E-state index in [1.54, 1.807) is 6.33 Å². The first kappa shape index (κ1) is 14.2. The van der Waals surface area contributed by atoms with Crippen molar-refractivity contribution in [2.45, 2.75) is 44.6 Å². The highest BCUT2D eigenvalue weighted by molar-refractivity contribution is 5.33. The summed E-state index contributed by atoms with van der Waals surface area (Å²) in [6.45, 7) is 3.18. The van der Waals surface area contributed by atoms with E-state index in [0.717, 1.165) is 24.4 Å². The number of benzene rings is 1. The molecule has 1 atom stereocenters. The fourth-order valence-electron chi connectivity index (χ4n) is 2.88. The molecule has 1 heterocycles. The molecule has 0 bridgehead atoms. The van der Waals surface area contributed by atoms with E-state index in [4.69, 9.17) is 0 Å². The van der Waals surface area contributed by atoms with Gasteiger partial charge in [0, 0.05) is 18.0 Å². The topological polar surface area (TPSA) is 37.8 Å². The second-order valence-electron chi connectivity index (χ2n) is 5.85. The molecule has 1 aromatic heterocycles. The van der Waals surface area contributed by atoms with Gasteiger partial charge in [0.05, 0.1) is 6.04 Å². The molecule has 1 N–H and O–H groups in total. The van der Waals surface area contributed by atoms with Gasteiger partial charge >= 0.3 is 0 Å². The fourth-order valence-corrected chi connectivity index (χ4v) is 2.88. The highest BCUT2D eigenvalue weighted by atomic mass is 14.9. The maximum atomic E-state index is 4.16. The van der Waals surface area contributed by atoms with Crippen LogP contribution in [0.25, 0.3) is 0 Å². The van der Waals surface area contributed by atoms with Crippen LogP contribution in [0.15, 0.2) is 43.0 Å². The number of nitrogens with zero attached hydrogens (tertiary/aromatic N) is 2. The normalized spacial score (nSPS) is 16.4. The number of nitrogens with one attached hydrogen (secondary N) is 1. The van der Waals surface area contributed by atoms with Crippen LogP contribution in [0.1, 0.15) is 61.3 Å². The molecule has 1 saturated carbocycles. The summed E-state index contributed by atoms with van der Waals surface area (Å²) in [5.74, 6) is 0.793. The Labute approximate surface area is 126 Å². The summed E-state index contributed by atoms with van der Waals surface area (Å²) in [5, 5.41) is 3.60. The summed E-state index contributed by atoms with van der Waals surface area (Å²) in [6, 6.07) is 9.29. The Hall–Kier alpha value is -1.74. The molecule has 2 aromatic rings. The maximum absolute atomic E-state index is 4.16. The molecule has 1 unspecified atom stereocenters. The van der Waals surface area contributed by atoms with Crippen molar-refractivity contribution in [3.63, 3.8) is 0 Å². The van der Waals surface area contributed by atoms with Crippen LogP contribution in [-0.4, -0.2) is 16.5 Å². The highest BCUT2D eigenvalue weighted by Gasteiger charge is 2.20. The van der Waals surface area contributed by atoms with Crippen LogP contribution < -0.4 is 5.32 Å². The third-order valence-corrected chi connectivity index (χ3v) is 4.36. The molecule has 3 nitrogen and oxygen atoms in total. The van der Waals surface area contributed by atoms with E-state index >= 15 is 0 Å². The number of aromatic nitrogens is 2. The highest BCUT2D eigenvalue weighted by Crippen LogP contribution is 2.36. The summed E-state index contributed by atoms with van der Waals surface area (Å²) in [7, 11) is 0. The Morgan fingerprint density at radius 3 is 2.38 bits per heavy atom. The van der Waals surface area contributed by atoms with Crippen molar-refractivity contribution in [1.82, 2.24) is 15.3 Å². The van der Waals surface area contributed by atoms with Crippen molar-refractivity contribution < 1.29 is 0 Å². The molecule has 110 valence electrons. The zero-order valence-corrected chi connectivity index (χ0v) is 12.6. The number of hydrogen-bond donors (Lipinski definition) is 1. The van der Waals surface area contributed by atoms with Gasteiger partial charge in [-0.05, 0) is 42.9 Å². The lowest BCUT2D eigenvalue weighted by atomic mass is 9.79. The summed E-state index contributed by atoms with van der Waals surface area (Å²) in [6.07, 6.45) is 10.6. The quantitative estimate of drug-likeness (QED) is 0.874. The molecule has 1 fully saturated rings. The lowest BCUT2D eigenvalue weighted by molar-refractivity contribution is 0.419. The molecule has 3 heteroatoms.